The van der Waals surface area contributed by atoms with Crippen molar-refractivity contribution in [1.82, 2.24) is 10.2 Å². The normalized spacial score (nSPS) is 18.1. The minimum absolute atomic E-state index is 0.131. The van der Waals surface area contributed by atoms with Gasteiger partial charge < -0.3 is 10.2 Å². The molecular formula is C22H21Cl2N3O2. The molecule has 150 valence electrons. The third-order valence-corrected chi connectivity index (χ3v) is 6.05. The zero-order chi connectivity index (χ0) is 20.5. The fraction of sp³-hybridized carbons (Fsp3) is 0.273. The highest BCUT2D eigenvalue weighted by Gasteiger charge is 2.33. The summed E-state index contributed by atoms with van der Waals surface area (Å²) in [7, 11) is 0. The first-order valence-electron chi connectivity index (χ1n) is 9.56. The Morgan fingerprint density at radius 2 is 1.79 bits per heavy atom. The summed E-state index contributed by atoms with van der Waals surface area (Å²) in [5.74, 6) is -0.357. The zero-order valence-electron chi connectivity index (χ0n) is 16.0. The number of imide groups is 1. The molecule has 2 saturated heterocycles. The Bertz CT molecular complexity index is 1010. The number of rotatable bonds is 4. The maximum atomic E-state index is 12.8. The van der Waals surface area contributed by atoms with E-state index in [1.807, 2.05) is 13.0 Å². The standard InChI is InChI=1S/C22H21Cl2N3O2/c1-14-10-17(26-8-2-3-9-26)6-5-16(14)12-20-21(28)27(22(29)25-20)13-15-4-7-18(23)19(24)11-15/h4-7,10-12H,2-3,8-9,13H2,1H3,(H,25,29)/b20-12-. The topological polar surface area (TPSA) is 52.7 Å². The summed E-state index contributed by atoms with van der Waals surface area (Å²) >= 11 is 12.0. The first-order chi connectivity index (χ1) is 13.9. The maximum Gasteiger partial charge on any atom is 0.329 e. The van der Waals surface area contributed by atoms with Gasteiger partial charge in [0.1, 0.15) is 5.70 Å². The van der Waals surface area contributed by atoms with Crippen molar-refractivity contribution < 1.29 is 9.59 Å². The molecule has 0 aliphatic carbocycles. The van der Waals surface area contributed by atoms with Crippen LogP contribution in [0.15, 0.2) is 42.1 Å². The molecule has 2 aromatic rings. The fourth-order valence-corrected chi connectivity index (χ4v) is 4.01. The van der Waals surface area contributed by atoms with Gasteiger partial charge in [-0.1, -0.05) is 35.3 Å². The lowest BCUT2D eigenvalue weighted by atomic mass is 10.1. The van der Waals surface area contributed by atoms with Crippen LogP contribution in [0.5, 0.6) is 0 Å². The molecule has 2 fully saturated rings. The Morgan fingerprint density at radius 3 is 2.48 bits per heavy atom. The summed E-state index contributed by atoms with van der Waals surface area (Å²) in [6.07, 6.45) is 4.18. The Balaban J connectivity index is 1.53. The number of urea groups is 1. The SMILES string of the molecule is Cc1cc(N2CCCC2)ccc1/C=C1\NC(=O)N(Cc2ccc(Cl)c(Cl)c2)C1=O. The van der Waals surface area contributed by atoms with Crippen molar-refractivity contribution in [3.8, 4) is 0 Å². The van der Waals surface area contributed by atoms with Crippen LogP contribution in [0.2, 0.25) is 10.0 Å². The summed E-state index contributed by atoms with van der Waals surface area (Å²) in [5, 5.41) is 3.50. The van der Waals surface area contributed by atoms with Gasteiger partial charge in [-0.05, 0) is 66.8 Å². The van der Waals surface area contributed by atoms with Gasteiger partial charge in [0, 0.05) is 18.8 Å². The van der Waals surface area contributed by atoms with Crippen LogP contribution >= 0.6 is 23.2 Å². The Morgan fingerprint density at radius 1 is 1.03 bits per heavy atom. The number of amides is 3. The summed E-state index contributed by atoms with van der Waals surface area (Å²) in [6.45, 7) is 4.31. The van der Waals surface area contributed by atoms with Gasteiger partial charge >= 0.3 is 6.03 Å². The van der Waals surface area contributed by atoms with E-state index < -0.39 is 6.03 Å². The molecule has 1 N–H and O–H groups in total. The van der Waals surface area contributed by atoms with Gasteiger partial charge in [-0.2, -0.15) is 0 Å². The van der Waals surface area contributed by atoms with E-state index in [1.165, 1.54) is 23.4 Å². The van der Waals surface area contributed by atoms with Crippen LogP contribution < -0.4 is 10.2 Å². The van der Waals surface area contributed by atoms with Crippen molar-refractivity contribution in [3.63, 3.8) is 0 Å². The van der Waals surface area contributed by atoms with Crippen LogP contribution in [-0.2, 0) is 11.3 Å². The average molecular weight is 430 g/mol. The van der Waals surface area contributed by atoms with E-state index in [9.17, 15) is 9.59 Å². The molecule has 0 bridgehead atoms. The molecule has 2 heterocycles. The lowest BCUT2D eigenvalue weighted by Gasteiger charge is -2.18. The highest BCUT2D eigenvalue weighted by Crippen LogP contribution is 2.26. The Kier molecular flexibility index (Phi) is 5.52. The molecule has 3 amide bonds. The quantitative estimate of drug-likeness (QED) is 0.549. The molecule has 0 saturated carbocycles. The summed E-state index contributed by atoms with van der Waals surface area (Å²) in [6, 6.07) is 10.8. The van der Waals surface area contributed by atoms with Crippen molar-refractivity contribution in [2.75, 3.05) is 18.0 Å². The lowest BCUT2D eigenvalue weighted by Crippen LogP contribution is -2.30. The first-order valence-corrected chi connectivity index (χ1v) is 10.3. The number of carbonyl (C=O) groups excluding carboxylic acids is 2. The molecule has 29 heavy (non-hydrogen) atoms. The Labute approximate surface area is 179 Å². The highest BCUT2D eigenvalue weighted by atomic mass is 35.5. The molecule has 0 spiro atoms. The maximum absolute atomic E-state index is 12.8. The highest BCUT2D eigenvalue weighted by molar-refractivity contribution is 6.42. The van der Waals surface area contributed by atoms with Crippen LogP contribution in [0, 0.1) is 6.92 Å². The monoisotopic (exact) mass is 429 g/mol. The Hall–Kier alpha value is -2.50. The molecule has 7 heteroatoms. The van der Waals surface area contributed by atoms with Crippen LogP contribution in [0.1, 0.15) is 29.5 Å². The second-order valence-electron chi connectivity index (χ2n) is 7.36. The van der Waals surface area contributed by atoms with Crippen LogP contribution in [0.3, 0.4) is 0 Å². The van der Waals surface area contributed by atoms with E-state index in [0.717, 1.165) is 29.8 Å². The van der Waals surface area contributed by atoms with Crippen LogP contribution in [-0.4, -0.2) is 29.9 Å². The molecule has 0 atom stereocenters. The number of nitrogens with zero attached hydrogens (tertiary/aromatic N) is 2. The van der Waals surface area contributed by atoms with Crippen molar-refractivity contribution in [1.29, 1.82) is 0 Å². The number of hydrogen-bond acceptors (Lipinski definition) is 3. The van der Waals surface area contributed by atoms with E-state index in [1.54, 1.807) is 24.3 Å². The van der Waals surface area contributed by atoms with E-state index in [0.29, 0.717) is 10.0 Å². The van der Waals surface area contributed by atoms with Crippen molar-refractivity contribution in [2.24, 2.45) is 0 Å². The molecular weight excluding hydrogens is 409 g/mol. The predicted molar refractivity (Wildman–Crippen MR) is 116 cm³/mol. The van der Waals surface area contributed by atoms with Crippen LogP contribution in [0.25, 0.3) is 6.08 Å². The second-order valence-corrected chi connectivity index (χ2v) is 8.18. The fourth-order valence-electron chi connectivity index (χ4n) is 3.69. The minimum Gasteiger partial charge on any atom is -0.372 e. The number of hydrogen-bond donors (Lipinski definition) is 1. The predicted octanol–water partition coefficient (Wildman–Crippen LogP) is 4.99. The first kappa shape index (κ1) is 19.8. The summed E-state index contributed by atoms with van der Waals surface area (Å²) in [4.78, 5) is 28.6. The van der Waals surface area contributed by atoms with Gasteiger partial charge in [-0.25, -0.2) is 4.79 Å². The summed E-state index contributed by atoms with van der Waals surface area (Å²) in [5.41, 5.74) is 4.17. The molecule has 0 radical (unpaired) electrons. The molecule has 2 aromatic carbocycles. The van der Waals surface area contributed by atoms with Gasteiger partial charge in [-0.15, -0.1) is 0 Å². The lowest BCUT2D eigenvalue weighted by molar-refractivity contribution is -0.123. The van der Waals surface area contributed by atoms with Crippen molar-refractivity contribution in [2.45, 2.75) is 26.3 Å². The van der Waals surface area contributed by atoms with E-state index in [-0.39, 0.29) is 18.1 Å². The van der Waals surface area contributed by atoms with Crippen LogP contribution in [0.4, 0.5) is 10.5 Å². The number of carbonyl (C=O) groups is 2. The largest absolute Gasteiger partial charge is 0.372 e. The van der Waals surface area contributed by atoms with Gasteiger partial charge in [0.05, 0.1) is 16.6 Å². The van der Waals surface area contributed by atoms with E-state index >= 15 is 0 Å². The number of benzene rings is 2. The number of aryl methyl sites for hydroxylation is 1. The zero-order valence-corrected chi connectivity index (χ0v) is 17.6. The number of halogens is 2. The van der Waals surface area contributed by atoms with Gasteiger partial charge in [-0.3, -0.25) is 9.69 Å². The van der Waals surface area contributed by atoms with Gasteiger partial charge in [0.15, 0.2) is 0 Å². The number of anilines is 1. The molecule has 0 unspecified atom stereocenters. The minimum atomic E-state index is -0.446. The van der Waals surface area contributed by atoms with Crippen molar-refractivity contribution >= 4 is 46.9 Å². The summed E-state index contributed by atoms with van der Waals surface area (Å²) < 4.78 is 0. The van der Waals surface area contributed by atoms with E-state index in [4.69, 9.17) is 23.2 Å². The number of nitrogens with one attached hydrogen (secondary N) is 1. The second kappa shape index (κ2) is 8.09. The van der Waals surface area contributed by atoms with E-state index in [2.05, 4.69) is 22.3 Å². The molecule has 5 nitrogen and oxygen atoms in total. The smallest absolute Gasteiger partial charge is 0.329 e. The molecule has 2 aliphatic heterocycles. The molecule has 2 aliphatic rings. The van der Waals surface area contributed by atoms with Gasteiger partial charge in [0.2, 0.25) is 0 Å². The van der Waals surface area contributed by atoms with Gasteiger partial charge in [0.25, 0.3) is 5.91 Å². The third-order valence-electron chi connectivity index (χ3n) is 5.31. The third kappa shape index (κ3) is 4.11. The average Bonchev–Trinajstić information content (AvgIpc) is 3.31. The molecule has 0 aromatic heterocycles. The van der Waals surface area contributed by atoms with Crippen molar-refractivity contribution in [3.05, 3.63) is 68.8 Å². The molecule has 4 rings (SSSR count).